The fraction of sp³-hybridized carbons (Fsp3) is 0.0833. The summed E-state index contributed by atoms with van der Waals surface area (Å²) in [7, 11) is 0. The molecular weight excluding hydrogens is 313 g/mol. The van der Waals surface area contributed by atoms with Crippen molar-refractivity contribution in [3.63, 3.8) is 0 Å². The number of alkyl halides is 3. The molecule has 0 amide bonds. The highest BCUT2D eigenvalue weighted by molar-refractivity contribution is 6.30. The van der Waals surface area contributed by atoms with E-state index in [1.165, 1.54) is 12.3 Å². The van der Waals surface area contributed by atoms with E-state index < -0.39 is 28.1 Å². The van der Waals surface area contributed by atoms with Crippen LogP contribution in [0.15, 0.2) is 36.7 Å². The highest BCUT2D eigenvalue weighted by Crippen LogP contribution is 2.43. The first-order chi connectivity index (χ1) is 9.79. The lowest BCUT2D eigenvalue weighted by molar-refractivity contribution is -0.385. The van der Waals surface area contributed by atoms with Gasteiger partial charge < -0.3 is 4.74 Å². The predicted molar refractivity (Wildman–Crippen MR) is 67.4 cm³/mol. The number of halogens is 4. The van der Waals surface area contributed by atoms with Crippen LogP contribution in [0.4, 0.5) is 18.9 Å². The number of para-hydroxylation sites is 1. The Kier molecular flexibility index (Phi) is 3.99. The third kappa shape index (κ3) is 3.40. The lowest BCUT2D eigenvalue weighted by Gasteiger charge is -2.13. The zero-order valence-electron chi connectivity index (χ0n) is 10.1. The Morgan fingerprint density at radius 3 is 2.57 bits per heavy atom. The maximum Gasteiger partial charge on any atom is 0.420 e. The van der Waals surface area contributed by atoms with Gasteiger partial charge >= 0.3 is 11.9 Å². The molecule has 0 aliphatic carbocycles. The van der Waals surface area contributed by atoms with Crippen molar-refractivity contribution in [3.8, 4) is 11.5 Å². The van der Waals surface area contributed by atoms with E-state index >= 15 is 0 Å². The highest BCUT2D eigenvalue weighted by Gasteiger charge is 2.38. The molecule has 5 nitrogen and oxygen atoms in total. The molecule has 0 fully saturated rings. The molecule has 21 heavy (non-hydrogen) atoms. The van der Waals surface area contributed by atoms with Crippen LogP contribution in [-0.2, 0) is 6.18 Å². The average Bonchev–Trinajstić information content (AvgIpc) is 2.37. The number of hydrogen-bond acceptors (Lipinski definition) is 4. The SMILES string of the molecule is O=[N+]([O-])c1cccc(C(F)(F)F)c1Oc1cncc(Cl)c1. The van der Waals surface area contributed by atoms with Gasteiger partial charge in [0, 0.05) is 18.3 Å². The van der Waals surface area contributed by atoms with E-state index in [1.807, 2.05) is 0 Å². The molecule has 0 spiro atoms. The van der Waals surface area contributed by atoms with E-state index in [0.717, 1.165) is 18.3 Å². The molecule has 0 saturated carbocycles. The molecule has 9 heteroatoms. The van der Waals surface area contributed by atoms with Crippen molar-refractivity contribution in [1.82, 2.24) is 4.98 Å². The van der Waals surface area contributed by atoms with Gasteiger partial charge in [0.25, 0.3) is 0 Å². The molecule has 0 unspecified atom stereocenters. The number of nitro benzene ring substituents is 1. The van der Waals surface area contributed by atoms with Crippen molar-refractivity contribution in [2.75, 3.05) is 0 Å². The molecule has 0 bridgehead atoms. The highest BCUT2D eigenvalue weighted by atomic mass is 35.5. The van der Waals surface area contributed by atoms with Crippen molar-refractivity contribution in [2.24, 2.45) is 0 Å². The maximum atomic E-state index is 12.9. The smallest absolute Gasteiger partial charge is 0.420 e. The molecule has 0 atom stereocenters. The molecule has 1 aromatic heterocycles. The molecule has 0 aliphatic rings. The topological polar surface area (TPSA) is 65.3 Å². The molecule has 2 aromatic rings. The van der Waals surface area contributed by atoms with Gasteiger partial charge in [-0.25, -0.2) is 0 Å². The van der Waals surface area contributed by atoms with Crippen molar-refractivity contribution in [1.29, 1.82) is 0 Å². The Morgan fingerprint density at radius 1 is 1.29 bits per heavy atom. The zero-order valence-corrected chi connectivity index (χ0v) is 10.9. The first kappa shape index (κ1) is 15.0. The van der Waals surface area contributed by atoms with Crippen molar-refractivity contribution in [2.45, 2.75) is 6.18 Å². The Balaban J connectivity index is 2.56. The molecule has 0 saturated heterocycles. The summed E-state index contributed by atoms with van der Waals surface area (Å²) >= 11 is 5.64. The van der Waals surface area contributed by atoms with Crippen LogP contribution in [0.1, 0.15) is 5.56 Å². The molecule has 0 aliphatic heterocycles. The van der Waals surface area contributed by atoms with Gasteiger partial charge in [-0.1, -0.05) is 17.7 Å². The minimum atomic E-state index is -4.80. The summed E-state index contributed by atoms with van der Waals surface area (Å²) in [6.07, 6.45) is -2.45. The van der Waals surface area contributed by atoms with Crippen molar-refractivity contribution < 1.29 is 22.8 Å². The quantitative estimate of drug-likeness (QED) is 0.619. The summed E-state index contributed by atoms with van der Waals surface area (Å²) in [5, 5.41) is 11.0. The number of nitrogens with zero attached hydrogens (tertiary/aromatic N) is 2. The Morgan fingerprint density at radius 2 is 2.00 bits per heavy atom. The number of ether oxygens (including phenoxy) is 1. The number of hydrogen-bond donors (Lipinski definition) is 0. The maximum absolute atomic E-state index is 12.9. The van der Waals surface area contributed by atoms with E-state index in [9.17, 15) is 23.3 Å². The molecule has 1 heterocycles. The molecule has 0 N–H and O–H groups in total. The van der Waals surface area contributed by atoms with E-state index in [1.54, 1.807) is 0 Å². The van der Waals surface area contributed by atoms with Crippen LogP contribution in [0, 0.1) is 10.1 Å². The molecule has 2 rings (SSSR count). The van der Waals surface area contributed by atoms with Crippen LogP contribution < -0.4 is 4.74 Å². The van der Waals surface area contributed by atoms with Gasteiger partial charge in [0.15, 0.2) is 0 Å². The summed E-state index contributed by atoms with van der Waals surface area (Å²) < 4.78 is 43.8. The van der Waals surface area contributed by atoms with Crippen LogP contribution in [0.5, 0.6) is 11.5 Å². The number of pyridine rings is 1. The van der Waals surface area contributed by atoms with Crippen LogP contribution in [0.25, 0.3) is 0 Å². The largest absolute Gasteiger partial charge is 0.448 e. The standard InChI is InChI=1S/C12H6ClF3N2O3/c13-7-4-8(6-17-5-7)21-11-9(12(14,15)16)2-1-3-10(11)18(19)20/h1-6H. The summed E-state index contributed by atoms with van der Waals surface area (Å²) in [5.74, 6) is -1.04. The number of nitro groups is 1. The first-order valence-corrected chi connectivity index (χ1v) is 5.80. The average molecular weight is 319 g/mol. The fourth-order valence-electron chi connectivity index (χ4n) is 1.57. The lowest BCUT2D eigenvalue weighted by Crippen LogP contribution is -2.08. The fourth-order valence-corrected chi connectivity index (χ4v) is 1.73. The Bertz CT molecular complexity index is 692. The van der Waals surface area contributed by atoms with E-state index in [-0.39, 0.29) is 10.8 Å². The Labute approximate surface area is 121 Å². The minimum Gasteiger partial charge on any atom is -0.448 e. The van der Waals surface area contributed by atoms with Crippen LogP contribution in [-0.4, -0.2) is 9.91 Å². The zero-order chi connectivity index (χ0) is 15.6. The van der Waals surface area contributed by atoms with Crippen molar-refractivity contribution in [3.05, 3.63) is 57.4 Å². The van der Waals surface area contributed by atoms with E-state index in [2.05, 4.69) is 4.98 Å². The predicted octanol–water partition coefficient (Wildman–Crippen LogP) is 4.45. The van der Waals surface area contributed by atoms with Crippen LogP contribution in [0.2, 0.25) is 5.02 Å². The summed E-state index contributed by atoms with van der Waals surface area (Å²) in [4.78, 5) is 13.6. The third-order valence-corrected chi connectivity index (χ3v) is 2.60. The Hall–Kier alpha value is -2.35. The van der Waals surface area contributed by atoms with Gasteiger partial charge in [0.2, 0.25) is 5.75 Å². The monoisotopic (exact) mass is 318 g/mol. The second-order valence-corrected chi connectivity index (χ2v) is 4.29. The van der Waals surface area contributed by atoms with Gasteiger partial charge in [-0.15, -0.1) is 0 Å². The number of aromatic nitrogens is 1. The molecular formula is C12H6ClF3N2O3. The number of rotatable bonds is 3. The third-order valence-electron chi connectivity index (χ3n) is 2.40. The van der Waals surface area contributed by atoms with Gasteiger partial charge in [-0.05, 0) is 6.07 Å². The molecule has 1 aromatic carbocycles. The second kappa shape index (κ2) is 5.57. The van der Waals surface area contributed by atoms with E-state index in [0.29, 0.717) is 6.07 Å². The normalized spacial score (nSPS) is 11.2. The van der Waals surface area contributed by atoms with Crippen LogP contribution in [0.3, 0.4) is 0 Å². The van der Waals surface area contributed by atoms with E-state index in [4.69, 9.17) is 16.3 Å². The van der Waals surface area contributed by atoms with Gasteiger partial charge in [0.1, 0.15) is 11.3 Å². The lowest BCUT2D eigenvalue weighted by atomic mass is 10.1. The summed E-state index contributed by atoms with van der Waals surface area (Å²) in [5.41, 5.74) is -2.05. The van der Waals surface area contributed by atoms with Gasteiger partial charge in [-0.3, -0.25) is 15.1 Å². The van der Waals surface area contributed by atoms with Gasteiger partial charge in [-0.2, -0.15) is 13.2 Å². The second-order valence-electron chi connectivity index (χ2n) is 3.85. The van der Waals surface area contributed by atoms with Crippen molar-refractivity contribution >= 4 is 17.3 Å². The van der Waals surface area contributed by atoms with Gasteiger partial charge in [0.05, 0.1) is 16.1 Å². The summed E-state index contributed by atoms with van der Waals surface area (Å²) in [6, 6.07) is 3.75. The molecule has 0 radical (unpaired) electrons. The molecule has 110 valence electrons. The minimum absolute atomic E-state index is 0.125. The number of benzene rings is 1. The van der Waals surface area contributed by atoms with Crippen LogP contribution >= 0.6 is 11.6 Å². The summed E-state index contributed by atoms with van der Waals surface area (Å²) in [6.45, 7) is 0. The first-order valence-electron chi connectivity index (χ1n) is 5.42.